The first-order valence-electron chi connectivity index (χ1n) is 7.66. The van der Waals surface area contributed by atoms with Gasteiger partial charge in [-0.25, -0.2) is 4.39 Å². The molecule has 3 aromatic rings. The lowest BCUT2D eigenvalue weighted by molar-refractivity contribution is 0.0998. The molecule has 0 atom stereocenters. The number of benzene rings is 2. The number of hydrogen-bond donors (Lipinski definition) is 0. The number of aromatic nitrogens is 1. The molecule has 0 radical (unpaired) electrons. The Morgan fingerprint density at radius 3 is 2.72 bits per heavy atom. The van der Waals surface area contributed by atoms with Crippen LogP contribution in [0.4, 0.5) is 4.39 Å². The second kappa shape index (κ2) is 6.94. The number of allylic oxidation sites excluding steroid dienone is 1. The monoisotopic (exact) mass is 374 g/mol. The molecule has 1 heterocycles. The van der Waals surface area contributed by atoms with Crippen LogP contribution in [-0.4, -0.2) is 10.5 Å². The molecule has 1 amide bonds. The van der Waals surface area contributed by atoms with Gasteiger partial charge in [-0.1, -0.05) is 29.0 Å². The van der Waals surface area contributed by atoms with Crippen molar-refractivity contribution in [1.29, 1.82) is 0 Å². The number of aryl methyl sites for hydroxylation is 2. The van der Waals surface area contributed by atoms with Gasteiger partial charge < -0.3 is 4.57 Å². The second-order valence-electron chi connectivity index (χ2n) is 5.73. The molecule has 0 spiro atoms. The summed E-state index contributed by atoms with van der Waals surface area (Å²) < 4.78 is 16.2. The molecular formula is C19H16ClFN2OS. The molecule has 1 aromatic heterocycles. The maximum atomic E-state index is 13.2. The van der Waals surface area contributed by atoms with Crippen molar-refractivity contribution >= 4 is 39.1 Å². The number of fused-ring (bicyclic) bond motifs is 1. The van der Waals surface area contributed by atoms with Crippen LogP contribution in [0, 0.1) is 19.7 Å². The quantitative estimate of drug-likeness (QED) is 0.591. The lowest BCUT2D eigenvalue weighted by atomic mass is 10.1. The highest BCUT2D eigenvalue weighted by molar-refractivity contribution is 7.16. The van der Waals surface area contributed by atoms with Crippen molar-refractivity contribution in [2.75, 3.05) is 0 Å². The zero-order valence-electron chi connectivity index (χ0n) is 13.8. The van der Waals surface area contributed by atoms with E-state index in [4.69, 9.17) is 11.6 Å². The molecule has 3 nitrogen and oxygen atoms in total. The van der Waals surface area contributed by atoms with Crippen LogP contribution in [-0.2, 0) is 6.54 Å². The summed E-state index contributed by atoms with van der Waals surface area (Å²) in [4.78, 5) is 17.3. The molecular weight excluding hydrogens is 359 g/mol. The van der Waals surface area contributed by atoms with E-state index in [0.29, 0.717) is 11.3 Å². The molecule has 0 saturated heterocycles. The number of carbonyl (C=O) groups excluding carboxylic acids is 1. The molecule has 0 unspecified atom stereocenters. The van der Waals surface area contributed by atoms with E-state index in [9.17, 15) is 9.18 Å². The minimum absolute atomic E-state index is 0.0526. The van der Waals surface area contributed by atoms with Crippen molar-refractivity contribution in [2.45, 2.75) is 20.4 Å². The number of rotatable bonds is 3. The number of hydrogen-bond acceptors (Lipinski definition) is 2. The molecule has 0 aliphatic carbocycles. The highest BCUT2D eigenvalue weighted by atomic mass is 35.5. The van der Waals surface area contributed by atoms with Gasteiger partial charge in [0.05, 0.1) is 20.8 Å². The Labute approximate surface area is 153 Å². The Morgan fingerprint density at radius 2 is 2.04 bits per heavy atom. The van der Waals surface area contributed by atoms with Crippen molar-refractivity contribution in [1.82, 2.24) is 4.57 Å². The number of carbonyl (C=O) groups is 1. The van der Waals surface area contributed by atoms with Gasteiger partial charge >= 0.3 is 0 Å². The third-order valence-corrected chi connectivity index (χ3v) is 5.32. The first kappa shape index (κ1) is 17.6. The molecule has 3 rings (SSSR count). The van der Waals surface area contributed by atoms with Gasteiger partial charge in [-0.2, -0.15) is 4.99 Å². The maximum Gasteiger partial charge on any atom is 0.281 e. The summed E-state index contributed by atoms with van der Waals surface area (Å²) in [6.45, 7) is 8.41. The maximum absolute atomic E-state index is 13.2. The Balaban J connectivity index is 2.19. The highest BCUT2D eigenvalue weighted by Gasteiger charge is 2.13. The third-order valence-electron chi connectivity index (χ3n) is 3.97. The number of nitrogens with zero attached hydrogens (tertiary/aromatic N) is 2. The van der Waals surface area contributed by atoms with Crippen LogP contribution in [0.5, 0.6) is 0 Å². The smallest absolute Gasteiger partial charge is 0.281 e. The standard InChI is InChI=1S/C19H16ClFN2OS/c1-4-7-23-16-8-11(2)12(3)9-17(16)25-19(23)22-18(24)14-6-5-13(21)10-15(14)20/h4-6,8-10H,1,7H2,2-3H3. The van der Waals surface area contributed by atoms with Crippen molar-refractivity contribution in [3.63, 3.8) is 0 Å². The van der Waals surface area contributed by atoms with Crippen LogP contribution in [0.3, 0.4) is 0 Å². The van der Waals surface area contributed by atoms with Crippen molar-refractivity contribution in [3.8, 4) is 0 Å². The van der Waals surface area contributed by atoms with E-state index in [1.165, 1.54) is 34.6 Å². The van der Waals surface area contributed by atoms with Gasteiger partial charge in [0.1, 0.15) is 5.82 Å². The fourth-order valence-corrected chi connectivity index (χ4v) is 3.89. The Bertz CT molecular complexity index is 1070. The number of thiazole rings is 1. The predicted molar refractivity (Wildman–Crippen MR) is 101 cm³/mol. The van der Waals surface area contributed by atoms with Crippen LogP contribution < -0.4 is 4.80 Å². The van der Waals surface area contributed by atoms with E-state index in [2.05, 4.69) is 23.7 Å². The minimum Gasteiger partial charge on any atom is -0.312 e. The normalized spacial score (nSPS) is 11.9. The number of amides is 1. The van der Waals surface area contributed by atoms with Gasteiger partial charge in [-0.3, -0.25) is 4.79 Å². The lowest BCUT2D eigenvalue weighted by Gasteiger charge is -2.04. The summed E-state index contributed by atoms with van der Waals surface area (Å²) in [5.74, 6) is -0.987. The summed E-state index contributed by atoms with van der Waals surface area (Å²) in [5.41, 5.74) is 3.53. The molecule has 0 saturated carbocycles. The molecule has 0 N–H and O–H groups in total. The van der Waals surface area contributed by atoms with Gasteiger partial charge in [0.2, 0.25) is 0 Å². The first-order valence-corrected chi connectivity index (χ1v) is 8.85. The summed E-state index contributed by atoms with van der Waals surface area (Å²) in [6.07, 6.45) is 1.76. The van der Waals surface area contributed by atoms with Gasteiger partial charge in [-0.15, -0.1) is 6.58 Å². The molecule has 0 fully saturated rings. The van der Waals surface area contributed by atoms with Gasteiger partial charge in [0.15, 0.2) is 4.80 Å². The molecule has 0 aliphatic heterocycles. The second-order valence-corrected chi connectivity index (χ2v) is 7.15. The molecule has 0 aliphatic rings. The first-order chi connectivity index (χ1) is 11.9. The Hall–Kier alpha value is -2.24. The molecule has 6 heteroatoms. The topological polar surface area (TPSA) is 34.4 Å². The summed E-state index contributed by atoms with van der Waals surface area (Å²) in [6, 6.07) is 7.83. The van der Waals surface area contributed by atoms with Crippen LogP contribution in [0.1, 0.15) is 21.5 Å². The zero-order chi connectivity index (χ0) is 18.1. The molecule has 2 aromatic carbocycles. The Morgan fingerprint density at radius 1 is 1.32 bits per heavy atom. The fraction of sp³-hybridized carbons (Fsp3) is 0.158. The van der Waals surface area contributed by atoms with E-state index >= 15 is 0 Å². The average Bonchev–Trinajstić information content (AvgIpc) is 2.85. The van der Waals surface area contributed by atoms with E-state index in [-0.39, 0.29) is 10.6 Å². The summed E-state index contributed by atoms with van der Waals surface area (Å²) in [5, 5.41) is 0.0526. The van der Waals surface area contributed by atoms with Crippen LogP contribution in [0.15, 0.2) is 48.0 Å². The molecule has 0 bridgehead atoms. The van der Waals surface area contributed by atoms with Gasteiger partial charge in [-0.05, 0) is 55.3 Å². The van der Waals surface area contributed by atoms with Crippen molar-refractivity contribution < 1.29 is 9.18 Å². The van der Waals surface area contributed by atoms with Crippen LogP contribution in [0.25, 0.3) is 10.2 Å². The average molecular weight is 375 g/mol. The van der Waals surface area contributed by atoms with E-state index < -0.39 is 11.7 Å². The largest absolute Gasteiger partial charge is 0.312 e. The van der Waals surface area contributed by atoms with Crippen LogP contribution >= 0.6 is 22.9 Å². The highest BCUT2D eigenvalue weighted by Crippen LogP contribution is 2.23. The minimum atomic E-state index is -0.497. The molecule has 25 heavy (non-hydrogen) atoms. The summed E-state index contributed by atoms with van der Waals surface area (Å²) in [7, 11) is 0. The SMILES string of the molecule is C=CCn1c(=NC(=O)c2ccc(F)cc2Cl)sc2cc(C)c(C)cc21. The zero-order valence-corrected chi connectivity index (χ0v) is 15.4. The van der Waals surface area contributed by atoms with Crippen molar-refractivity contribution in [2.24, 2.45) is 4.99 Å². The summed E-state index contributed by atoms with van der Waals surface area (Å²) >= 11 is 7.40. The third kappa shape index (κ3) is 3.43. The predicted octanol–water partition coefficient (Wildman–Crippen LogP) is 5.04. The fourth-order valence-electron chi connectivity index (χ4n) is 2.52. The van der Waals surface area contributed by atoms with Crippen LogP contribution in [0.2, 0.25) is 5.02 Å². The lowest BCUT2D eigenvalue weighted by Crippen LogP contribution is -2.16. The van der Waals surface area contributed by atoms with Crippen molar-refractivity contribution in [3.05, 3.63) is 75.3 Å². The van der Waals surface area contributed by atoms with Gasteiger partial charge in [0, 0.05) is 6.54 Å². The van der Waals surface area contributed by atoms with Gasteiger partial charge in [0.25, 0.3) is 5.91 Å². The van der Waals surface area contributed by atoms with E-state index in [0.717, 1.165) is 16.3 Å². The van der Waals surface area contributed by atoms with E-state index in [1.807, 2.05) is 18.4 Å². The van der Waals surface area contributed by atoms with E-state index in [1.54, 1.807) is 6.08 Å². The number of halogens is 2. The Kier molecular flexibility index (Phi) is 4.88. The molecule has 128 valence electrons.